The number of rotatable bonds is 3. The average molecular weight is 381 g/mol. The molecule has 0 radical (unpaired) electrons. The summed E-state index contributed by atoms with van der Waals surface area (Å²) >= 11 is 0. The maximum atomic E-state index is 12.6. The number of ketones is 1. The molecule has 29 heavy (non-hydrogen) atoms. The van der Waals surface area contributed by atoms with E-state index in [-0.39, 0.29) is 22.8 Å². The molecule has 0 saturated carbocycles. The Kier molecular flexibility index (Phi) is 3.77. The van der Waals surface area contributed by atoms with E-state index >= 15 is 0 Å². The van der Waals surface area contributed by atoms with E-state index < -0.39 is 0 Å². The summed E-state index contributed by atoms with van der Waals surface area (Å²) in [5, 5.41) is 30.6. The molecule has 0 unspecified atom stereocenters. The van der Waals surface area contributed by atoms with Crippen LogP contribution in [0.25, 0.3) is 27.5 Å². The van der Waals surface area contributed by atoms with E-state index in [1.807, 2.05) is 36.4 Å². The van der Waals surface area contributed by atoms with Gasteiger partial charge in [0.25, 0.3) is 0 Å². The number of carbonyl (C=O) groups excluding carboxylic acids is 1. The number of nitrogens with zero attached hydrogens (tertiary/aromatic N) is 3. The largest absolute Gasteiger partial charge is 0.508 e. The lowest BCUT2D eigenvalue weighted by molar-refractivity contribution is 0.103. The quantitative estimate of drug-likeness (QED) is 0.457. The summed E-state index contributed by atoms with van der Waals surface area (Å²) in [6.45, 7) is 0. The molecule has 4 aromatic carbocycles. The topological polar surface area (TPSA) is 88.2 Å². The van der Waals surface area contributed by atoms with Gasteiger partial charge in [0.1, 0.15) is 22.5 Å². The normalized spacial score (nSPS) is 11.2. The van der Waals surface area contributed by atoms with Crippen molar-refractivity contribution in [1.29, 1.82) is 0 Å². The molecule has 0 saturated heterocycles. The molecule has 0 fully saturated rings. The molecule has 1 aromatic heterocycles. The van der Waals surface area contributed by atoms with Gasteiger partial charge in [0, 0.05) is 17.0 Å². The Morgan fingerprint density at radius 3 is 2.41 bits per heavy atom. The second-order valence-corrected chi connectivity index (χ2v) is 6.72. The SMILES string of the molecule is O=C(c1ccc(-n2nc3ccc4ccccc4c3n2)cc1)c1ccc(O)cc1O. The summed E-state index contributed by atoms with van der Waals surface area (Å²) in [7, 11) is 0. The first-order valence-corrected chi connectivity index (χ1v) is 9.02. The number of hydrogen-bond donors (Lipinski definition) is 2. The standard InChI is InChI=1S/C23H15N3O3/c27-17-10-11-19(21(28)13-17)23(29)15-5-8-16(9-6-15)26-24-20-12-7-14-3-1-2-4-18(14)22(20)25-26/h1-13,27-28H. The van der Waals surface area contributed by atoms with Gasteiger partial charge in [-0.25, -0.2) is 0 Å². The smallest absolute Gasteiger partial charge is 0.196 e. The highest BCUT2D eigenvalue weighted by atomic mass is 16.3. The molecule has 0 aliphatic rings. The number of hydrogen-bond acceptors (Lipinski definition) is 5. The third kappa shape index (κ3) is 2.87. The molecule has 1 heterocycles. The Hall–Kier alpha value is -4.19. The van der Waals surface area contributed by atoms with Gasteiger partial charge < -0.3 is 10.2 Å². The molecule has 0 spiro atoms. The molecule has 140 valence electrons. The minimum atomic E-state index is -0.335. The molecular weight excluding hydrogens is 366 g/mol. The van der Waals surface area contributed by atoms with E-state index in [1.54, 1.807) is 29.1 Å². The molecule has 6 nitrogen and oxygen atoms in total. The Balaban J connectivity index is 1.51. The highest BCUT2D eigenvalue weighted by Crippen LogP contribution is 2.26. The fourth-order valence-corrected chi connectivity index (χ4v) is 3.38. The molecule has 2 N–H and O–H groups in total. The predicted molar refractivity (Wildman–Crippen MR) is 110 cm³/mol. The van der Waals surface area contributed by atoms with Crippen LogP contribution in [-0.2, 0) is 0 Å². The molecule has 5 aromatic rings. The van der Waals surface area contributed by atoms with Crippen molar-refractivity contribution in [2.45, 2.75) is 0 Å². The zero-order valence-electron chi connectivity index (χ0n) is 15.1. The number of aromatic nitrogens is 3. The second-order valence-electron chi connectivity index (χ2n) is 6.72. The summed E-state index contributed by atoms with van der Waals surface area (Å²) in [4.78, 5) is 14.2. The van der Waals surface area contributed by atoms with Gasteiger partial charge in [-0.1, -0.05) is 30.3 Å². The number of carbonyl (C=O) groups is 1. The van der Waals surface area contributed by atoms with Crippen LogP contribution in [0.15, 0.2) is 78.9 Å². The van der Waals surface area contributed by atoms with Gasteiger partial charge >= 0.3 is 0 Å². The fourth-order valence-electron chi connectivity index (χ4n) is 3.38. The van der Waals surface area contributed by atoms with Gasteiger partial charge in [-0.15, -0.1) is 10.2 Å². The first-order chi connectivity index (χ1) is 14.1. The van der Waals surface area contributed by atoms with Crippen LogP contribution in [0, 0.1) is 0 Å². The van der Waals surface area contributed by atoms with Crippen LogP contribution < -0.4 is 0 Å². The van der Waals surface area contributed by atoms with E-state index in [0.717, 1.165) is 33.6 Å². The number of fused-ring (bicyclic) bond motifs is 3. The number of phenolic OH excluding ortho intramolecular Hbond substituents is 2. The predicted octanol–water partition coefficient (Wildman–Crippen LogP) is 4.22. The lowest BCUT2D eigenvalue weighted by Gasteiger charge is -2.05. The van der Waals surface area contributed by atoms with Crippen LogP contribution in [0.1, 0.15) is 15.9 Å². The van der Waals surface area contributed by atoms with Gasteiger partial charge in [-0.2, -0.15) is 4.80 Å². The van der Waals surface area contributed by atoms with Crippen LogP contribution >= 0.6 is 0 Å². The van der Waals surface area contributed by atoms with Crippen LogP contribution in [0.2, 0.25) is 0 Å². The van der Waals surface area contributed by atoms with Crippen molar-refractivity contribution in [2.75, 3.05) is 0 Å². The van der Waals surface area contributed by atoms with Gasteiger partial charge in [0.15, 0.2) is 5.78 Å². The van der Waals surface area contributed by atoms with E-state index in [0.29, 0.717) is 5.56 Å². The Labute approximate surface area is 165 Å². The molecule has 0 aliphatic heterocycles. The van der Waals surface area contributed by atoms with Crippen LogP contribution in [-0.4, -0.2) is 31.0 Å². The third-order valence-electron chi connectivity index (χ3n) is 4.86. The average Bonchev–Trinajstić information content (AvgIpc) is 3.18. The molecular formula is C23H15N3O3. The molecule has 0 aliphatic carbocycles. The zero-order valence-corrected chi connectivity index (χ0v) is 15.1. The van der Waals surface area contributed by atoms with Crippen molar-refractivity contribution in [3.8, 4) is 17.2 Å². The lowest BCUT2D eigenvalue weighted by atomic mass is 10.0. The van der Waals surface area contributed by atoms with E-state index in [4.69, 9.17) is 0 Å². The minimum Gasteiger partial charge on any atom is -0.508 e. The Morgan fingerprint density at radius 1 is 0.828 bits per heavy atom. The lowest BCUT2D eigenvalue weighted by Crippen LogP contribution is -2.03. The fraction of sp³-hybridized carbons (Fsp3) is 0. The number of benzene rings is 4. The monoisotopic (exact) mass is 381 g/mol. The highest BCUT2D eigenvalue weighted by Gasteiger charge is 2.15. The van der Waals surface area contributed by atoms with E-state index in [1.165, 1.54) is 12.1 Å². The van der Waals surface area contributed by atoms with Gasteiger partial charge in [0.2, 0.25) is 0 Å². The molecule has 0 bridgehead atoms. The van der Waals surface area contributed by atoms with E-state index in [2.05, 4.69) is 10.2 Å². The van der Waals surface area contributed by atoms with Crippen molar-refractivity contribution in [3.63, 3.8) is 0 Å². The van der Waals surface area contributed by atoms with Gasteiger partial charge in [0.05, 0.1) is 11.3 Å². The first-order valence-electron chi connectivity index (χ1n) is 9.02. The number of aromatic hydroxyl groups is 2. The minimum absolute atomic E-state index is 0.0984. The molecule has 0 atom stereocenters. The third-order valence-corrected chi connectivity index (χ3v) is 4.86. The van der Waals surface area contributed by atoms with Gasteiger partial charge in [-0.3, -0.25) is 4.79 Å². The van der Waals surface area contributed by atoms with Gasteiger partial charge in [-0.05, 0) is 47.9 Å². The molecule has 0 amide bonds. The van der Waals surface area contributed by atoms with Crippen molar-refractivity contribution >= 4 is 27.6 Å². The Bertz CT molecular complexity index is 1390. The molecule has 6 heteroatoms. The molecule has 5 rings (SSSR count). The van der Waals surface area contributed by atoms with Crippen molar-refractivity contribution in [3.05, 3.63) is 90.0 Å². The second kappa shape index (κ2) is 6.45. The highest BCUT2D eigenvalue weighted by molar-refractivity contribution is 6.10. The maximum absolute atomic E-state index is 12.6. The number of phenols is 2. The van der Waals surface area contributed by atoms with Crippen molar-refractivity contribution in [2.24, 2.45) is 0 Å². The first kappa shape index (κ1) is 16.9. The van der Waals surface area contributed by atoms with Crippen molar-refractivity contribution < 1.29 is 15.0 Å². The van der Waals surface area contributed by atoms with Crippen molar-refractivity contribution in [1.82, 2.24) is 15.0 Å². The summed E-state index contributed by atoms with van der Waals surface area (Å²) < 4.78 is 0. The Morgan fingerprint density at radius 2 is 1.62 bits per heavy atom. The summed E-state index contributed by atoms with van der Waals surface area (Å²) in [6, 6.07) is 22.7. The zero-order chi connectivity index (χ0) is 20.0. The van der Waals surface area contributed by atoms with E-state index in [9.17, 15) is 15.0 Å². The van der Waals surface area contributed by atoms with Crippen LogP contribution in [0.3, 0.4) is 0 Å². The summed E-state index contributed by atoms with van der Waals surface area (Å²) in [5.41, 5.74) is 2.87. The van der Waals surface area contributed by atoms with Crippen LogP contribution in [0.5, 0.6) is 11.5 Å². The summed E-state index contributed by atoms with van der Waals surface area (Å²) in [5.74, 6) is -0.691. The van der Waals surface area contributed by atoms with Crippen LogP contribution in [0.4, 0.5) is 0 Å². The summed E-state index contributed by atoms with van der Waals surface area (Å²) in [6.07, 6.45) is 0. The maximum Gasteiger partial charge on any atom is 0.196 e.